The highest BCUT2D eigenvalue weighted by Gasteiger charge is 2.44. The van der Waals surface area contributed by atoms with Crippen LogP contribution in [0.1, 0.15) is 45.8 Å². The molecule has 5 rings (SSSR count). The summed E-state index contributed by atoms with van der Waals surface area (Å²) < 4.78 is 49.7. The summed E-state index contributed by atoms with van der Waals surface area (Å²) in [6.07, 6.45) is -2.01. The molecule has 184 valence electrons. The second kappa shape index (κ2) is 9.23. The summed E-state index contributed by atoms with van der Waals surface area (Å²) in [5.41, 5.74) is 7.18. The van der Waals surface area contributed by atoms with Crippen LogP contribution in [0, 0.1) is 0 Å². The summed E-state index contributed by atoms with van der Waals surface area (Å²) in [7, 11) is 0. The van der Waals surface area contributed by atoms with Gasteiger partial charge in [0.25, 0.3) is 5.91 Å². The molecule has 1 spiro atoms. The molecule has 10 heteroatoms. The lowest BCUT2D eigenvalue weighted by atomic mass is 9.74. The number of rotatable bonds is 5. The molecule has 2 N–H and O–H groups in total. The van der Waals surface area contributed by atoms with Crippen LogP contribution in [0.3, 0.4) is 0 Å². The molecular formula is C25H24F3N3O3S. The highest BCUT2D eigenvalue weighted by atomic mass is 32.2. The highest BCUT2D eigenvalue weighted by molar-refractivity contribution is 7.98. The third-order valence-corrected chi connectivity index (χ3v) is 7.63. The van der Waals surface area contributed by atoms with Gasteiger partial charge < -0.3 is 19.8 Å². The topological polar surface area (TPSA) is 81.6 Å². The number of likely N-dealkylation sites (tertiary alicyclic amines) is 1. The third kappa shape index (κ3) is 4.77. The van der Waals surface area contributed by atoms with E-state index in [1.54, 1.807) is 17.0 Å². The minimum absolute atomic E-state index is 0.100. The molecule has 0 aliphatic carbocycles. The Morgan fingerprint density at radius 3 is 2.63 bits per heavy atom. The van der Waals surface area contributed by atoms with E-state index in [1.807, 2.05) is 12.1 Å². The molecule has 1 aromatic carbocycles. The maximum atomic E-state index is 13.0. The van der Waals surface area contributed by atoms with Gasteiger partial charge in [-0.3, -0.25) is 4.79 Å². The van der Waals surface area contributed by atoms with Crippen molar-refractivity contribution in [2.24, 2.45) is 5.73 Å². The van der Waals surface area contributed by atoms with Crippen molar-refractivity contribution in [1.29, 1.82) is 0 Å². The molecule has 0 bridgehead atoms. The third-order valence-electron chi connectivity index (χ3n) is 6.66. The summed E-state index contributed by atoms with van der Waals surface area (Å²) in [5.74, 6) is 1.90. The minimum Gasteiger partial charge on any atom is -0.492 e. The second-order valence-electron chi connectivity index (χ2n) is 8.83. The lowest BCUT2D eigenvalue weighted by Crippen LogP contribution is -2.46. The molecule has 2 aliphatic heterocycles. The van der Waals surface area contributed by atoms with Crippen LogP contribution in [0.25, 0.3) is 0 Å². The zero-order valence-electron chi connectivity index (χ0n) is 18.8. The lowest BCUT2D eigenvalue weighted by Gasteiger charge is -2.38. The van der Waals surface area contributed by atoms with Crippen molar-refractivity contribution in [3.8, 4) is 5.75 Å². The molecule has 2 aromatic heterocycles. The number of fused-ring (bicyclic) bond motifs is 2. The average Bonchev–Trinajstić information content (AvgIpc) is 3.48. The summed E-state index contributed by atoms with van der Waals surface area (Å²) in [6, 6.07) is 11.8. The summed E-state index contributed by atoms with van der Waals surface area (Å²) >= 11 is 1.24. The van der Waals surface area contributed by atoms with E-state index >= 15 is 0 Å². The monoisotopic (exact) mass is 503 g/mol. The van der Waals surface area contributed by atoms with E-state index in [0.717, 1.165) is 36.4 Å². The zero-order valence-corrected chi connectivity index (χ0v) is 19.6. The van der Waals surface area contributed by atoms with Gasteiger partial charge in [0.2, 0.25) is 0 Å². The van der Waals surface area contributed by atoms with Crippen LogP contribution in [0.2, 0.25) is 0 Å². The van der Waals surface area contributed by atoms with Crippen LogP contribution in [0.15, 0.2) is 58.1 Å². The number of hydrogen-bond donors (Lipinski definition) is 1. The Morgan fingerprint density at radius 1 is 1.14 bits per heavy atom. The smallest absolute Gasteiger partial charge is 0.417 e. The number of nitrogens with two attached hydrogens (primary N) is 1. The van der Waals surface area contributed by atoms with Crippen molar-refractivity contribution in [2.75, 3.05) is 19.7 Å². The first-order chi connectivity index (χ1) is 16.8. The Morgan fingerprint density at radius 2 is 1.94 bits per heavy atom. The van der Waals surface area contributed by atoms with Gasteiger partial charge in [0.1, 0.15) is 11.5 Å². The summed E-state index contributed by atoms with van der Waals surface area (Å²) in [4.78, 5) is 18.7. The number of benzene rings is 1. The number of hydrogen-bond acceptors (Lipinski definition) is 6. The first-order valence-corrected chi connectivity index (χ1v) is 12.3. The van der Waals surface area contributed by atoms with E-state index in [4.69, 9.17) is 14.9 Å². The number of carbonyl (C=O) groups excluding carboxylic acids is 1. The normalized spacial score (nSPS) is 16.9. The molecule has 2 aliphatic rings. The Kier molecular flexibility index (Phi) is 6.27. The molecule has 1 saturated heterocycles. The number of aromatic nitrogens is 1. The van der Waals surface area contributed by atoms with Crippen molar-refractivity contribution in [2.45, 2.75) is 41.8 Å². The minimum atomic E-state index is -4.41. The van der Waals surface area contributed by atoms with E-state index in [0.29, 0.717) is 42.8 Å². The quantitative estimate of drug-likeness (QED) is 0.493. The maximum Gasteiger partial charge on any atom is 0.417 e. The van der Waals surface area contributed by atoms with Crippen molar-refractivity contribution < 1.29 is 27.1 Å². The zero-order chi connectivity index (χ0) is 24.6. The van der Waals surface area contributed by atoms with Crippen LogP contribution in [0.4, 0.5) is 13.2 Å². The second-order valence-corrected chi connectivity index (χ2v) is 9.83. The Hall–Kier alpha value is -2.98. The molecule has 3 aromatic rings. The Labute approximate surface area is 204 Å². The number of thioether (sulfide) groups is 1. The molecule has 4 heterocycles. The van der Waals surface area contributed by atoms with E-state index < -0.39 is 11.7 Å². The van der Waals surface area contributed by atoms with Crippen molar-refractivity contribution in [1.82, 2.24) is 9.88 Å². The molecule has 6 nitrogen and oxygen atoms in total. The van der Waals surface area contributed by atoms with Gasteiger partial charge in [-0.1, -0.05) is 23.9 Å². The Bertz CT molecular complexity index is 1220. The van der Waals surface area contributed by atoms with Gasteiger partial charge in [-0.25, -0.2) is 4.98 Å². The van der Waals surface area contributed by atoms with Gasteiger partial charge in [-0.2, -0.15) is 13.2 Å². The van der Waals surface area contributed by atoms with Crippen LogP contribution in [0.5, 0.6) is 5.75 Å². The van der Waals surface area contributed by atoms with E-state index in [1.165, 1.54) is 23.4 Å². The first kappa shape index (κ1) is 23.7. The predicted molar refractivity (Wildman–Crippen MR) is 124 cm³/mol. The van der Waals surface area contributed by atoms with Gasteiger partial charge in [0.15, 0.2) is 5.76 Å². The van der Waals surface area contributed by atoms with Crippen LogP contribution < -0.4 is 10.5 Å². The number of piperidine rings is 1. The molecule has 1 fully saturated rings. The van der Waals surface area contributed by atoms with E-state index in [2.05, 4.69) is 11.1 Å². The number of nitrogens with zero attached hydrogens (tertiary/aromatic N) is 2. The molecule has 0 unspecified atom stereocenters. The Balaban J connectivity index is 1.18. The van der Waals surface area contributed by atoms with Gasteiger partial charge in [-0.05, 0) is 48.7 Å². The van der Waals surface area contributed by atoms with Crippen LogP contribution in [-0.4, -0.2) is 35.5 Å². The molecule has 0 radical (unpaired) electrons. The van der Waals surface area contributed by atoms with Gasteiger partial charge in [0.05, 0.1) is 22.9 Å². The lowest BCUT2D eigenvalue weighted by molar-refractivity contribution is -0.137. The number of halogens is 3. The number of furan rings is 1. The maximum absolute atomic E-state index is 13.0. The van der Waals surface area contributed by atoms with Gasteiger partial charge >= 0.3 is 6.18 Å². The molecular weight excluding hydrogens is 479 g/mol. The number of pyridine rings is 1. The number of carbonyl (C=O) groups is 1. The number of amides is 1. The molecule has 1 amide bonds. The first-order valence-electron chi connectivity index (χ1n) is 11.3. The van der Waals surface area contributed by atoms with Crippen molar-refractivity contribution in [3.05, 3.63) is 76.9 Å². The van der Waals surface area contributed by atoms with E-state index in [9.17, 15) is 18.0 Å². The van der Waals surface area contributed by atoms with Gasteiger partial charge in [0, 0.05) is 36.8 Å². The predicted octanol–water partition coefficient (Wildman–Crippen LogP) is 5.01. The van der Waals surface area contributed by atoms with Crippen molar-refractivity contribution in [3.63, 3.8) is 0 Å². The van der Waals surface area contributed by atoms with E-state index in [-0.39, 0.29) is 17.1 Å². The number of ether oxygens (including phenoxy) is 1. The molecule has 35 heavy (non-hydrogen) atoms. The summed E-state index contributed by atoms with van der Waals surface area (Å²) in [5, 5.41) is 0.445. The van der Waals surface area contributed by atoms with Crippen molar-refractivity contribution >= 4 is 17.7 Å². The fraction of sp³-hybridized carbons (Fsp3) is 0.360. The molecule has 0 saturated carbocycles. The van der Waals surface area contributed by atoms with Crippen LogP contribution >= 0.6 is 11.8 Å². The average molecular weight is 504 g/mol. The highest BCUT2D eigenvalue weighted by Crippen LogP contribution is 2.46. The fourth-order valence-electron chi connectivity index (χ4n) is 4.59. The number of alkyl halides is 3. The standard InChI is InChI=1S/C25H24F3N3O3S/c26-25(27,28)17-2-6-22(30-13-17)35-14-18-3-5-21(34-18)23(32)31-9-7-24(8-10-31)15-33-20-4-1-16(12-29)11-19(20)24/h1-6,11,13H,7-10,12,14-15,29H2. The summed E-state index contributed by atoms with van der Waals surface area (Å²) in [6.45, 7) is 2.27. The molecule has 0 atom stereocenters. The van der Waals surface area contributed by atoms with Gasteiger partial charge in [-0.15, -0.1) is 0 Å². The fourth-order valence-corrected chi connectivity index (χ4v) is 5.33. The SMILES string of the molecule is NCc1ccc2c(c1)C1(CCN(C(=O)c3ccc(CSc4ccc(C(F)(F)F)cn4)o3)CC1)CO2. The largest absolute Gasteiger partial charge is 0.492 e. The van der Waals surface area contributed by atoms with Crippen LogP contribution in [-0.2, 0) is 23.9 Å².